The van der Waals surface area contributed by atoms with E-state index in [1.54, 1.807) is 6.20 Å². The Labute approximate surface area is 159 Å². The van der Waals surface area contributed by atoms with Crippen LogP contribution in [-0.2, 0) is 6.54 Å². The van der Waals surface area contributed by atoms with E-state index in [4.69, 9.17) is 4.74 Å². The van der Waals surface area contributed by atoms with Crippen molar-refractivity contribution in [1.29, 1.82) is 0 Å². The SMILES string of the molecule is CCNC(=NCc1ccc(-n2cccn2)cc1)NCCOc1ccccc1. The molecule has 0 aliphatic heterocycles. The normalized spacial score (nSPS) is 11.2. The fraction of sp³-hybridized carbons (Fsp3) is 0.238. The first-order chi connectivity index (χ1) is 13.3. The molecule has 6 heteroatoms. The summed E-state index contributed by atoms with van der Waals surface area (Å²) in [5.41, 5.74) is 2.18. The van der Waals surface area contributed by atoms with Crippen molar-refractivity contribution in [2.45, 2.75) is 13.5 Å². The standard InChI is InChI=1S/C21H25N5O/c1-2-22-21(23-14-16-27-20-7-4-3-5-8-20)24-17-18-9-11-19(12-10-18)26-15-6-13-25-26/h3-13,15H,2,14,16-17H2,1H3,(H2,22,23,24). The first kappa shape index (κ1) is 18.5. The van der Waals surface area contributed by atoms with Gasteiger partial charge in [0.15, 0.2) is 5.96 Å². The van der Waals surface area contributed by atoms with Gasteiger partial charge in [-0.1, -0.05) is 30.3 Å². The zero-order valence-corrected chi connectivity index (χ0v) is 15.5. The number of rotatable bonds is 8. The molecule has 0 radical (unpaired) electrons. The van der Waals surface area contributed by atoms with Crippen LogP contribution < -0.4 is 15.4 Å². The summed E-state index contributed by atoms with van der Waals surface area (Å²) in [7, 11) is 0. The predicted molar refractivity (Wildman–Crippen MR) is 108 cm³/mol. The van der Waals surface area contributed by atoms with Gasteiger partial charge < -0.3 is 15.4 Å². The summed E-state index contributed by atoms with van der Waals surface area (Å²) in [5, 5.41) is 10.8. The third kappa shape index (κ3) is 5.88. The molecule has 140 valence electrons. The molecule has 0 fully saturated rings. The molecule has 0 bridgehead atoms. The molecule has 0 unspecified atom stereocenters. The van der Waals surface area contributed by atoms with Gasteiger partial charge in [0.05, 0.1) is 18.8 Å². The third-order valence-corrected chi connectivity index (χ3v) is 3.88. The van der Waals surface area contributed by atoms with Crippen molar-refractivity contribution in [2.75, 3.05) is 19.7 Å². The van der Waals surface area contributed by atoms with Gasteiger partial charge in [-0.25, -0.2) is 9.67 Å². The quantitative estimate of drug-likeness (QED) is 0.367. The summed E-state index contributed by atoms with van der Waals surface area (Å²) in [5.74, 6) is 1.66. The molecular formula is C21H25N5O. The number of hydrogen-bond donors (Lipinski definition) is 2. The second-order valence-corrected chi connectivity index (χ2v) is 5.90. The average Bonchev–Trinajstić information content (AvgIpc) is 3.25. The van der Waals surface area contributed by atoms with Crippen LogP contribution >= 0.6 is 0 Å². The fourth-order valence-corrected chi connectivity index (χ4v) is 2.54. The lowest BCUT2D eigenvalue weighted by molar-refractivity contribution is 0.322. The van der Waals surface area contributed by atoms with E-state index in [1.165, 1.54) is 0 Å². The molecule has 3 rings (SSSR count). The molecule has 0 atom stereocenters. The highest BCUT2D eigenvalue weighted by molar-refractivity contribution is 5.79. The number of aromatic nitrogens is 2. The topological polar surface area (TPSA) is 63.5 Å². The van der Waals surface area contributed by atoms with Crippen LogP contribution in [-0.4, -0.2) is 35.4 Å². The number of hydrogen-bond acceptors (Lipinski definition) is 3. The van der Waals surface area contributed by atoms with E-state index in [2.05, 4.69) is 39.8 Å². The van der Waals surface area contributed by atoms with Crippen LogP contribution in [0, 0.1) is 0 Å². The van der Waals surface area contributed by atoms with Crippen LogP contribution in [0.5, 0.6) is 5.75 Å². The molecule has 0 amide bonds. The molecule has 0 saturated heterocycles. The Hall–Kier alpha value is -3.28. The predicted octanol–water partition coefficient (Wildman–Crippen LogP) is 3.01. The van der Waals surface area contributed by atoms with Gasteiger partial charge in [-0.15, -0.1) is 0 Å². The fourth-order valence-electron chi connectivity index (χ4n) is 2.54. The van der Waals surface area contributed by atoms with Crippen LogP contribution in [0.4, 0.5) is 0 Å². The van der Waals surface area contributed by atoms with Crippen LogP contribution in [0.15, 0.2) is 78.0 Å². The molecule has 27 heavy (non-hydrogen) atoms. The lowest BCUT2D eigenvalue weighted by Crippen LogP contribution is -2.39. The Balaban J connectivity index is 1.49. The van der Waals surface area contributed by atoms with Gasteiger partial charge >= 0.3 is 0 Å². The van der Waals surface area contributed by atoms with E-state index in [1.807, 2.05) is 59.4 Å². The molecular weight excluding hydrogens is 338 g/mol. The monoisotopic (exact) mass is 363 g/mol. The van der Waals surface area contributed by atoms with E-state index >= 15 is 0 Å². The first-order valence-electron chi connectivity index (χ1n) is 9.14. The van der Waals surface area contributed by atoms with Gasteiger partial charge in [-0.2, -0.15) is 5.10 Å². The Bertz CT molecular complexity index is 814. The molecule has 2 aromatic carbocycles. The lowest BCUT2D eigenvalue weighted by atomic mass is 10.2. The van der Waals surface area contributed by atoms with Gasteiger partial charge in [-0.3, -0.25) is 0 Å². The number of aliphatic imine (C=N–C) groups is 1. The number of nitrogens with zero attached hydrogens (tertiary/aromatic N) is 3. The molecule has 3 aromatic rings. The minimum absolute atomic E-state index is 0.576. The van der Waals surface area contributed by atoms with Crippen molar-refractivity contribution >= 4 is 5.96 Å². The number of para-hydroxylation sites is 1. The van der Waals surface area contributed by atoms with Crippen LogP contribution in [0.3, 0.4) is 0 Å². The Kier molecular flexibility index (Phi) is 6.86. The maximum absolute atomic E-state index is 5.69. The minimum Gasteiger partial charge on any atom is -0.492 e. The third-order valence-electron chi connectivity index (χ3n) is 3.88. The van der Waals surface area contributed by atoms with Crippen molar-refractivity contribution in [3.8, 4) is 11.4 Å². The van der Waals surface area contributed by atoms with E-state index in [0.29, 0.717) is 19.7 Å². The summed E-state index contributed by atoms with van der Waals surface area (Å²) in [4.78, 5) is 4.64. The summed E-state index contributed by atoms with van der Waals surface area (Å²) in [6, 6.07) is 20.0. The summed E-state index contributed by atoms with van der Waals surface area (Å²) >= 11 is 0. The molecule has 6 nitrogen and oxygen atoms in total. The molecule has 1 heterocycles. The summed E-state index contributed by atoms with van der Waals surface area (Å²) in [6.45, 7) is 4.72. The van der Waals surface area contributed by atoms with Crippen molar-refractivity contribution in [2.24, 2.45) is 4.99 Å². The lowest BCUT2D eigenvalue weighted by Gasteiger charge is -2.12. The maximum atomic E-state index is 5.69. The van der Waals surface area contributed by atoms with Crippen LogP contribution in [0.25, 0.3) is 5.69 Å². The van der Waals surface area contributed by atoms with E-state index in [0.717, 1.165) is 29.5 Å². The van der Waals surface area contributed by atoms with Crippen molar-refractivity contribution in [1.82, 2.24) is 20.4 Å². The Morgan fingerprint density at radius 2 is 1.85 bits per heavy atom. The second kappa shape index (κ2) is 10.0. The van der Waals surface area contributed by atoms with Crippen LogP contribution in [0.1, 0.15) is 12.5 Å². The highest BCUT2D eigenvalue weighted by Crippen LogP contribution is 2.09. The van der Waals surface area contributed by atoms with E-state index in [-0.39, 0.29) is 0 Å². The van der Waals surface area contributed by atoms with Gasteiger partial charge in [-0.05, 0) is 42.8 Å². The van der Waals surface area contributed by atoms with Crippen molar-refractivity contribution < 1.29 is 4.74 Å². The first-order valence-corrected chi connectivity index (χ1v) is 9.14. The molecule has 0 aliphatic carbocycles. The molecule has 0 spiro atoms. The minimum atomic E-state index is 0.576. The summed E-state index contributed by atoms with van der Waals surface area (Å²) in [6.07, 6.45) is 3.70. The highest BCUT2D eigenvalue weighted by atomic mass is 16.5. The van der Waals surface area contributed by atoms with Crippen molar-refractivity contribution in [3.05, 3.63) is 78.6 Å². The van der Waals surface area contributed by atoms with Crippen LogP contribution in [0.2, 0.25) is 0 Å². The zero-order valence-electron chi connectivity index (χ0n) is 15.5. The van der Waals surface area contributed by atoms with Gasteiger partial charge in [0.1, 0.15) is 12.4 Å². The Morgan fingerprint density at radius 1 is 1.04 bits per heavy atom. The number of benzene rings is 2. The number of ether oxygens (including phenoxy) is 1. The largest absolute Gasteiger partial charge is 0.492 e. The number of nitrogens with one attached hydrogen (secondary N) is 2. The highest BCUT2D eigenvalue weighted by Gasteiger charge is 2.00. The van der Waals surface area contributed by atoms with Gasteiger partial charge in [0, 0.05) is 18.9 Å². The Morgan fingerprint density at radius 3 is 2.56 bits per heavy atom. The smallest absolute Gasteiger partial charge is 0.191 e. The summed E-state index contributed by atoms with van der Waals surface area (Å²) < 4.78 is 7.53. The van der Waals surface area contributed by atoms with E-state index < -0.39 is 0 Å². The van der Waals surface area contributed by atoms with Crippen molar-refractivity contribution in [3.63, 3.8) is 0 Å². The van der Waals surface area contributed by atoms with Gasteiger partial charge in [0.2, 0.25) is 0 Å². The molecule has 0 aliphatic rings. The second-order valence-electron chi connectivity index (χ2n) is 5.90. The maximum Gasteiger partial charge on any atom is 0.191 e. The zero-order chi connectivity index (χ0) is 18.7. The molecule has 1 aromatic heterocycles. The molecule has 2 N–H and O–H groups in total. The number of guanidine groups is 1. The average molecular weight is 363 g/mol. The molecule has 0 saturated carbocycles. The van der Waals surface area contributed by atoms with E-state index in [9.17, 15) is 0 Å². The van der Waals surface area contributed by atoms with Gasteiger partial charge in [0.25, 0.3) is 0 Å².